The van der Waals surface area contributed by atoms with E-state index < -0.39 is 10.0 Å². The summed E-state index contributed by atoms with van der Waals surface area (Å²) in [4.78, 5) is 13.9. The highest BCUT2D eigenvalue weighted by molar-refractivity contribution is 8.00. The van der Waals surface area contributed by atoms with Crippen LogP contribution in [0.4, 0.5) is 0 Å². The average molecular weight is 477 g/mol. The Hall–Kier alpha value is -1.45. The number of fused-ring (bicyclic) bond motifs is 1. The lowest BCUT2D eigenvalue weighted by Gasteiger charge is -2.56. The number of ketones is 1. The molecule has 4 bridgehead atoms. The van der Waals surface area contributed by atoms with Crippen LogP contribution >= 0.6 is 11.8 Å². The zero-order valence-electron chi connectivity index (χ0n) is 19.0. The molecule has 6 rings (SSSR count). The Bertz CT molecular complexity index is 1100. The number of hydrogen-bond donors (Lipinski definition) is 0. The van der Waals surface area contributed by atoms with Gasteiger partial charge in [-0.3, -0.25) is 9.20 Å². The second kappa shape index (κ2) is 8.09. The first kappa shape index (κ1) is 22.3. The van der Waals surface area contributed by atoms with Crippen molar-refractivity contribution in [2.75, 3.05) is 13.1 Å². The van der Waals surface area contributed by atoms with Gasteiger partial charge in [0.15, 0.2) is 16.6 Å². The first-order valence-electron chi connectivity index (χ1n) is 11.8. The fraction of sp³-hybridized carbons (Fsp3) is 0.696. The molecule has 0 saturated heterocycles. The fourth-order valence-electron chi connectivity index (χ4n) is 6.85. The molecule has 1 atom stereocenters. The topological polar surface area (TPSA) is 84.6 Å². The van der Waals surface area contributed by atoms with E-state index in [1.807, 2.05) is 20.8 Å². The Morgan fingerprint density at radius 1 is 1.12 bits per heavy atom. The molecule has 2 aromatic rings. The molecule has 1 unspecified atom stereocenters. The van der Waals surface area contributed by atoms with Gasteiger partial charge in [0.05, 0.1) is 10.1 Å². The Morgan fingerprint density at radius 3 is 2.28 bits per heavy atom. The first-order chi connectivity index (χ1) is 15.3. The Balaban J connectivity index is 1.40. The molecule has 2 heterocycles. The molecule has 0 aliphatic heterocycles. The van der Waals surface area contributed by atoms with Gasteiger partial charge in [-0.2, -0.15) is 4.31 Å². The minimum absolute atomic E-state index is 0.154. The van der Waals surface area contributed by atoms with E-state index in [1.165, 1.54) is 35.3 Å². The summed E-state index contributed by atoms with van der Waals surface area (Å²) in [6.45, 7) is 6.46. The molecule has 4 aliphatic carbocycles. The number of thioether (sulfide) groups is 1. The van der Waals surface area contributed by atoms with Crippen LogP contribution in [0.1, 0.15) is 59.3 Å². The zero-order chi connectivity index (χ0) is 22.7. The molecular formula is C23H32N4O3S2. The molecule has 32 heavy (non-hydrogen) atoms. The van der Waals surface area contributed by atoms with Gasteiger partial charge in [0.25, 0.3) is 0 Å². The summed E-state index contributed by atoms with van der Waals surface area (Å²) in [7, 11) is -3.58. The molecule has 174 valence electrons. The van der Waals surface area contributed by atoms with Gasteiger partial charge >= 0.3 is 0 Å². The lowest BCUT2D eigenvalue weighted by Crippen LogP contribution is -2.51. The lowest BCUT2D eigenvalue weighted by molar-refractivity contribution is -0.143. The van der Waals surface area contributed by atoms with E-state index in [0.717, 1.165) is 37.0 Å². The standard InChI is InChI=1S/C23H32N4O3S2/c1-4-26(5-2)32(29,30)19-6-7-20-24-25-22(27(20)14-19)31-15(3)21(28)23-11-16-8-17(12-23)10-18(9-16)13-23/h6-7,14-18H,4-5,8-13H2,1-3H3. The van der Waals surface area contributed by atoms with Crippen molar-refractivity contribution in [1.29, 1.82) is 0 Å². The van der Waals surface area contributed by atoms with Crippen LogP contribution in [0.5, 0.6) is 0 Å². The van der Waals surface area contributed by atoms with E-state index in [-0.39, 0.29) is 15.6 Å². The summed E-state index contributed by atoms with van der Waals surface area (Å²) >= 11 is 1.41. The van der Waals surface area contributed by atoms with E-state index in [0.29, 0.717) is 29.7 Å². The predicted molar refractivity (Wildman–Crippen MR) is 124 cm³/mol. The number of nitrogens with zero attached hydrogens (tertiary/aromatic N) is 4. The van der Waals surface area contributed by atoms with Crippen molar-refractivity contribution in [1.82, 2.24) is 18.9 Å². The van der Waals surface area contributed by atoms with Gasteiger partial charge in [-0.05, 0) is 75.3 Å². The maximum Gasteiger partial charge on any atom is 0.244 e. The van der Waals surface area contributed by atoms with Crippen molar-refractivity contribution >= 4 is 33.2 Å². The SMILES string of the molecule is CCN(CC)S(=O)(=O)c1ccc2nnc(SC(C)C(=O)C34CC5CC(CC(C5)C3)C4)n2c1. The van der Waals surface area contributed by atoms with Gasteiger partial charge in [-0.25, -0.2) is 8.42 Å². The number of Topliss-reactive ketones (excluding diaryl/α,β-unsaturated/α-hetero) is 1. The quantitative estimate of drug-likeness (QED) is 0.535. The van der Waals surface area contributed by atoms with E-state index in [4.69, 9.17) is 0 Å². The van der Waals surface area contributed by atoms with Crippen molar-refractivity contribution < 1.29 is 13.2 Å². The van der Waals surface area contributed by atoms with Crippen molar-refractivity contribution in [2.24, 2.45) is 23.2 Å². The highest BCUT2D eigenvalue weighted by Crippen LogP contribution is 2.61. The van der Waals surface area contributed by atoms with Crippen LogP contribution < -0.4 is 0 Å². The summed E-state index contributed by atoms with van der Waals surface area (Å²) in [5.74, 6) is 2.53. The molecule has 4 fully saturated rings. The zero-order valence-corrected chi connectivity index (χ0v) is 20.7. The van der Waals surface area contributed by atoms with Gasteiger partial charge in [-0.15, -0.1) is 10.2 Å². The summed E-state index contributed by atoms with van der Waals surface area (Å²) < 4.78 is 29.1. The summed E-state index contributed by atoms with van der Waals surface area (Å²) in [6, 6.07) is 3.26. The largest absolute Gasteiger partial charge is 0.298 e. The summed E-state index contributed by atoms with van der Waals surface area (Å²) in [5, 5.41) is 8.83. The third kappa shape index (κ3) is 3.60. The molecule has 0 aromatic carbocycles. The molecular weight excluding hydrogens is 444 g/mol. The van der Waals surface area contributed by atoms with Crippen LogP contribution in [0, 0.1) is 23.2 Å². The van der Waals surface area contributed by atoms with Gasteiger partial charge in [0, 0.05) is 24.7 Å². The highest BCUT2D eigenvalue weighted by Gasteiger charge is 2.55. The van der Waals surface area contributed by atoms with E-state index in [1.54, 1.807) is 22.7 Å². The molecule has 2 aromatic heterocycles. The summed E-state index contributed by atoms with van der Waals surface area (Å²) in [6.07, 6.45) is 8.68. The van der Waals surface area contributed by atoms with Crippen molar-refractivity contribution in [3.05, 3.63) is 18.3 Å². The van der Waals surface area contributed by atoms with Crippen LogP contribution in [0.2, 0.25) is 0 Å². The monoisotopic (exact) mass is 476 g/mol. The van der Waals surface area contributed by atoms with Crippen LogP contribution in [0.3, 0.4) is 0 Å². The van der Waals surface area contributed by atoms with Crippen LogP contribution in [0.25, 0.3) is 5.65 Å². The Morgan fingerprint density at radius 2 is 1.72 bits per heavy atom. The second-order valence-electron chi connectivity index (χ2n) is 9.99. The number of carbonyl (C=O) groups excluding carboxylic acids is 1. The third-order valence-corrected chi connectivity index (χ3v) is 11.0. The summed E-state index contributed by atoms with van der Waals surface area (Å²) in [5.41, 5.74) is 0.430. The van der Waals surface area contributed by atoms with Gasteiger partial charge in [0.1, 0.15) is 0 Å². The van der Waals surface area contributed by atoms with Crippen molar-refractivity contribution in [3.63, 3.8) is 0 Å². The molecule has 0 N–H and O–H groups in total. The van der Waals surface area contributed by atoms with Crippen molar-refractivity contribution in [3.8, 4) is 0 Å². The van der Waals surface area contributed by atoms with Crippen molar-refractivity contribution in [2.45, 2.75) is 74.6 Å². The number of hydrogen-bond acceptors (Lipinski definition) is 6. The third-order valence-electron chi connectivity index (χ3n) is 7.90. The molecule has 0 spiro atoms. The molecule has 4 saturated carbocycles. The minimum Gasteiger partial charge on any atom is -0.298 e. The van der Waals surface area contributed by atoms with Gasteiger partial charge in [-0.1, -0.05) is 25.6 Å². The van der Waals surface area contributed by atoms with Crippen LogP contribution in [-0.2, 0) is 14.8 Å². The van der Waals surface area contributed by atoms with Gasteiger partial charge in [0.2, 0.25) is 10.0 Å². The smallest absolute Gasteiger partial charge is 0.244 e. The number of carbonyl (C=O) groups is 1. The second-order valence-corrected chi connectivity index (χ2v) is 13.2. The van der Waals surface area contributed by atoms with E-state index >= 15 is 0 Å². The highest BCUT2D eigenvalue weighted by atomic mass is 32.2. The average Bonchev–Trinajstić information content (AvgIpc) is 3.15. The molecule has 7 nitrogen and oxygen atoms in total. The van der Waals surface area contributed by atoms with E-state index in [9.17, 15) is 13.2 Å². The van der Waals surface area contributed by atoms with Crippen LogP contribution in [0.15, 0.2) is 28.4 Å². The molecule has 4 aliphatic rings. The number of pyridine rings is 1. The number of aromatic nitrogens is 3. The van der Waals surface area contributed by atoms with Gasteiger partial charge < -0.3 is 0 Å². The first-order valence-corrected chi connectivity index (χ1v) is 14.1. The molecule has 0 radical (unpaired) electrons. The minimum atomic E-state index is -3.58. The lowest BCUT2D eigenvalue weighted by atomic mass is 9.48. The molecule has 0 amide bonds. The maximum atomic E-state index is 13.7. The van der Waals surface area contributed by atoms with E-state index in [2.05, 4.69) is 10.2 Å². The Kier molecular flexibility index (Phi) is 5.65. The maximum absolute atomic E-state index is 13.7. The Labute approximate surface area is 194 Å². The molecule has 9 heteroatoms. The number of sulfonamides is 1. The number of rotatable bonds is 8. The fourth-order valence-corrected chi connectivity index (χ4v) is 9.33. The normalized spacial score (nSPS) is 30.3. The van der Waals surface area contributed by atoms with Crippen LogP contribution in [-0.4, -0.2) is 51.4 Å². The predicted octanol–water partition coefficient (Wildman–Crippen LogP) is 4.03.